The second-order valence-electron chi connectivity index (χ2n) is 5.17. The Bertz CT molecular complexity index is 854. The van der Waals surface area contributed by atoms with Crippen LogP contribution >= 0.6 is 0 Å². The van der Waals surface area contributed by atoms with E-state index in [0.717, 1.165) is 17.4 Å². The monoisotopic (exact) mass is 326 g/mol. The van der Waals surface area contributed by atoms with E-state index >= 15 is 0 Å². The first-order valence-corrected chi connectivity index (χ1v) is 7.08. The van der Waals surface area contributed by atoms with Crippen molar-refractivity contribution >= 4 is 11.6 Å². The van der Waals surface area contributed by atoms with Crippen LogP contribution in [-0.2, 0) is 6.54 Å². The number of amides is 1. The van der Waals surface area contributed by atoms with E-state index in [0.29, 0.717) is 6.54 Å². The molecule has 1 N–H and O–H groups in total. The molecule has 0 saturated carbocycles. The molecule has 9 heteroatoms. The lowest BCUT2D eigenvalue weighted by Crippen LogP contribution is -2.27. The second kappa shape index (κ2) is 6.32. The molecule has 0 aliphatic carbocycles. The fourth-order valence-electron chi connectivity index (χ4n) is 2.29. The maximum Gasteiger partial charge on any atom is 0.319 e. The number of nitro groups is 1. The number of nitrogens with zero attached hydrogens (tertiary/aromatic N) is 5. The molecule has 0 spiro atoms. The van der Waals surface area contributed by atoms with E-state index in [9.17, 15) is 14.9 Å². The second-order valence-corrected chi connectivity index (χ2v) is 5.17. The number of H-pyrrole nitrogens is 1. The van der Waals surface area contributed by atoms with E-state index in [1.165, 1.54) is 4.90 Å². The fourth-order valence-corrected chi connectivity index (χ4v) is 2.29. The number of rotatable bonds is 5. The van der Waals surface area contributed by atoms with Gasteiger partial charge in [0.25, 0.3) is 5.91 Å². The molecule has 9 nitrogen and oxygen atoms in total. The van der Waals surface area contributed by atoms with E-state index in [2.05, 4.69) is 15.3 Å². The molecule has 2 aromatic heterocycles. The number of nitrogens with one attached hydrogen (secondary N) is 1. The number of hydrogen-bond acceptors (Lipinski definition) is 5. The summed E-state index contributed by atoms with van der Waals surface area (Å²) in [6.07, 6.45) is 4.56. The predicted octanol–water partition coefficient (Wildman–Crippen LogP) is 1.78. The molecule has 1 aromatic carbocycles. The molecule has 0 bridgehead atoms. The molecule has 0 atom stereocenters. The van der Waals surface area contributed by atoms with Gasteiger partial charge >= 0.3 is 5.69 Å². The zero-order valence-corrected chi connectivity index (χ0v) is 12.8. The van der Waals surface area contributed by atoms with Crippen molar-refractivity contribution in [1.82, 2.24) is 24.9 Å². The highest BCUT2D eigenvalue weighted by molar-refractivity contribution is 5.95. The lowest BCUT2D eigenvalue weighted by atomic mass is 10.2. The van der Waals surface area contributed by atoms with Gasteiger partial charge in [0.1, 0.15) is 6.20 Å². The van der Waals surface area contributed by atoms with Crippen molar-refractivity contribution in [3.8, 4) is 5.69 Å². The zero-order valence-electron chi connectivity index (χ0n) is 12.8. The van der Waals surface area contributed by atoms with Crippen LogP contribution in [0, 0.1) is 10.1 Å². The number of carbonyl (C=O) groups excluding carboxylic acids is 1. The molecule has 0 aliphatic rings. The Labute approximate surface area is 136 Å². The molecule has 0 fully saturated rings. The van der Waals surface area contributed by atoms with Gasteiger partial charge in [-0.25, -0.2) is 4.68 Å². The van der Waals surface area contributed by atoms with Gasteiger partial charge in [0, 0.05) is 26.0 Å². The summed E-state index contributed by atoms with van der Waals surface area (Å²) in [6, 6.07) is 9.36. The van der Waals surface area contributed by atoms with Crippen molar-refractivity contribution in [1.29, 1.82) is 0 Å². The smallest absolute Gasteiger partial charge is 0.319 e. The largest absolute Gasteiger partial charge is 0.336 e. The van der Waals surface area contributed by atoms with Crippen LogP contribution < -0.4 is 0 Å². The van der Waals surface area contributed by atoms with Gasteiger partial charge in [0.2, 0.25) is 5.69 Å². The van der Waals surface area contributed by atoms with Crippen molar-refractivity contribution in [2.75, 3.05) is 7.05 Å². The molecule has 0 aliphatic heterocycles. The number of benzene rings is 1. The van der Waals surface area contributed by atoms with Gasteiger partial charge in [-0.1, -0.05) is 12.1 Å². The molecule has 1 amide bonds. The summed E-state index contributed by atoms with van der Waals surface area (Å²) in [4.78, 5) is 24.0. The Morgan fingerprint density at radius 2 is 2.12 bits per heavy atom. The molecule has 122 valence electrons. The maximum atomic E-state index is 12.3. The predicted molar refractivity (Wildman–Crippen MR) is 84.6 cm³/mol. The quantitative estimate of drug-likeness (QED) is 0.567. The van der Waals surface area contributed by atoms with Crippen LogP contribution in [0.2, 0.25) is 0 Å². The molecule has 0 unspecified atom stereocenters. The molecule has 3 rings (SSSR count). The van der Waals surface area contributed by atoms with Crippen molar-refractivity contribution in [2.24, 2.45) is 0 Å². The first-order chi connectivity index (χ1) is 11.6. The first kappa shape index (κ1) is 15.4. The minimum Gasteiger partial charge on any atom is -0.336 e. The average Bonchev–Trinajstić information content (AvgIpc) is 3.26. The van der Waals surface area contributed by atoms with Crippen LogP contribution in [0.4, 0.5) is 5.69 Å². The highest BCUT2D eigenvalue weighted by atomic mass is 16.6. The molecule has 3 aromatic rings. The first-order valence-electron chi connectivity index (χ1n) is 7.08. The van der Waals surface area contributed by atoms with E-state index in [4.69, 9.17) is 0 Å². The average molecular weight is 326 g/mol. The maximum absolute atomic E-state index is 12.3. The normalized spacial score (nSPS) is 10.5. The lowest BCUT2D eigenvalue weighted by molar-refractivity contribution is -0.385. The van der Waals surface area contributed by atoms with E-state index in [1.54, 1.807) is 17.9 Å². The molecule has 2 heterocycles. The van der Waals surface area contributed by atoms with Gasteiger partial charge < -0.3 is 4.90 Å². The van der Waals surface area contributed by atoms with Crippen molar-refractivity contribution in [3.05, 3.63) is 70.3 Å². The molecule has 24 heavy (non-hydrogen) atoms. The van der Waals surface area contributed by atoms with Crippen LogP contribution in [0.15, 0.2) is 48.9 Å². The van der Waals surface area contributed by atoms with Gasteiger partial charge in [-0.15, -0.1) is 0 Å². The summed E-state index contributed by atoms with van der Waals surface area (Å²) in [5, 5.41) is 21.0. The summed E-state index contributed by atoms with van der Waals surface area (Å²) in [5.74, 6) is -0.490. The Balaban J connectivity index is 1.72. The van der Waals surface area contributed by atoms with Gasteiger partial charge in [-0.2, -0.15) is 10.2 Å². The minimum atomic E-state index is -0.635. The van der Waals surface area contributed by atoms with Crippen molar-refractivity contribution in [3.63, 3.8) is 0 Å². The van der Waals surface area contributed by atoms with Crippen LogP contribution in [0.3, 0.4) is 0 Å². The zero-order chi connectivity index (χ0) is 17.1. The number of aromatic amines is 1. The van der Waals surface area contributed by atoms with Gasteiger partial charge in [0.15, 0.2) is 0 Å². The molecular formula is C15H14N6O3. The molecular weight excluding hydrogens is 312 g/mol. The number of hydrogen-bond donors (Lipinski definition) is 1. The Morgan fingerprint density at radius 1 is 1.38 bits per heavy atom. The Morgan fingerprint density at radius 3 is 2.75 bits per heavy atom. The third kappa shape index (κ3) is 3.00. The Kier molecular flexibility index (Phi) is 4.06. The van der Waals surface area contributed by atoms with Crippen LogP contribution in [0.1, 0.15) is 16.1 Å². The van der Waals surface area contributed by atoms with E-state index < -0.39 is 10.8 Å². The SMILES string of the molecule is CN(Cc1ccc(-n2cccn2)cc1)C(=O)c1[nH]ncc1[N+](=O)[O-]. The summed E-state index contributed by atoms with van der Waals surface area (Å²) in [7, 11) is 1.58. The third-order valence-electron chi connectivity index (χ3n) is 3.50. The summed E-state index contributed by atoms with van der Waals surface area (Å²) < 4.78 is 1.73. The highest BCUT2D eigenvalue weighted by Crippen LogP contribution is 2.17. The van der Waals surface area contributed by atoms with Crippen molar-refractivity contribution < 1.29 is 9.72 Å². The highest BCUT2D eigenvalue weighted by Gasteiger charge is 2.25. The van der Waals surface area contributed by atoms with Gasteiger partial charge in [-0.3, -0.25) is 20.0 Å². The number of aromatic nitrogens is 4. The third-order valence-corrected chi connectivity index (χ3v) is 3.50. The summed E-state index contributed by atoms with van der Waals surface area (Å²) in [6.45, 7) is 0.314. The standard InChI is InChI=1S/C15H14N6O3/c1-19(15(22)14-13(21(23)24)9-16-18-14)10-11-3-5-12(6-4-11)20-8-2-7-17-20/h2-9H,10H2,1H3,(H,16,18). The Hall–Kier alpha value is -3.49. The fraction of sp³-hybridized carbons (Fsp3) is 0.133. The van der Waals surface area contributed by atoms with Crippen LogP contribution in [-0.4, -0.2) is 42.8 Å². The van der Waals surface area contributed by atoms with Crippen molar-refractivity contribution in [2.45, 2.75) is 6.54 Å². The van der Waals surface area contributed by atoms with Crippen LogP contribution in [0.25, 0.3) is 5.69 Å². The summed E-state index contributed by atoms with van der Waals surface area (Å²) in [5.41, 5.74) is 1.34. The van der Waals surface area contributed by atoms with E-state index in [1.807, 2.05) is 36.5 Å². The minimum absolute atomic E-state index is 0.129. The molecule has 0 saturated heterocycles. The summed E-state index contributed by atoms with van der Waals surface area (Å²) >= 11 is 0. The van der Waals surface area contributed by atoms with Gasteiger partial charge in [-0.05, 0) is 23.8 Å². The number of carbonyl (C=O) groups is 1. The topological polar surface area (TPSA) is 110 Å². The lowest BCUT2D eigenvalue weighted by Gasteiger charge is -2.16. The van der Waals surface area contributed by atoms with Gasteiger partial charge in [0.05, 0.1) is 10.6 Å². The molecule has 0 radical (unpaired) electrons. The van der Waals surface area contributed by atoms with Crippen LogP contribution in [0.5, 0.6) is 0 Å². The van der Waals surface area contributed by atoms with E-state index in [-0.39, 0.29) is 11.4 Å².